The zero-order valence-corrected chi connectivity index (χ0v) is 31.0. The number of nitrogens with one attached hydrogen (secondary N) is 3. The van der Waals surface area contributed by atoms with E-state index in [0.29, 0.717) is 49.4 Å². The summed E-state index contributed by atoms with van der Waals surface area (Å²) >= 11 is 1.68. The SMILES string of the molecule is CCCCSc1cc(NC(=O)Nc2ccc(OCc3ccnc(NC(=O)CN(CCOC)CCOC)c3)c3ccccc23)n(-c2ccc(C)cc2)n1. The number of unbranched alkanes of at least 4 members (excludes halogenated alkanes) is 1. The summed E-state index contributed by atoms with van der Waals surface area (Å²) in [6, 6.07) is 24.6. The van der Waals surface area contributed by atoms with Gasteiger partial charge in [0.2, 0.25) is 5.91 Å². The molecule has 12 nitrogen and oxygen atoms in total. The summed E-state index contributed by atoms with van der Waals surface area (Å²) in [5, 5.41) is 16.2. The normalized spacial score (nSPS) is 11.2. The average molecular weight is 726 g/mol. The molecule has 0 aliphatic rings. The largest absolute Gasteiger partial charge is 0.488 e. The van der Waals surface area contributed by atoms with Crippen molar-refractivity contribution >= 4 is 51.8 Å². The van der Waals surface area contributed by atoms with Crippen LogP contribution in [0.15, 0.2) is 90.1 Å². The molecule has 0 unspecified atom stereocenters. The average Bonchev–Trinajstić information content (AvgIpc) is 3.54. The quantitative estimate of drug-likeness (QED) is 0.0590. The van der Waals surface area contributed by atoms with Crippen LogP contribution in [0.4, 0.5) is 22.1 Å². The fourth-order valence-corrected chi connectivity index (χ4v) is 6.37. The second kappa shape index (κ2) is 19.6. The van der Waals surface area contributed by atoms with Gasteiger partial charge in [0.15, 0.2) is 0 Å². The minimum absolute atomic E-state index is 0.179. The number of methoxy groups -OCH3 is 2. The number of hydrogen-bond donors (Lipinski definition) is 3. The van der Waals surface area contributed by atoms with Crippen molar-refractivity contribution in [1.82, 2.24) is 19.7 Å². The summed E-state index contributed by atoms with van der Waals surface area (Å²) in [5.74, 6) is 2.45. The van der Waals surface area contributed by atoms with Crippen molar-refractivity contribution in [3.8, 4) is 11.4 Å². The minimum atomic E-state index is -0.385. The van der Waals surface area contributed by atoms with Gasteiger partial charge in [0.1, 0.15) is 29.0 Å². The first kappa shape index (κ1) is 38.3. The first-order valence-corrected chi connectivity index (χ1v) is 18.3. The molecule has 0 atom stereocenters. The van der Waals surface area contributed by atoms with Gasteiger partial charge in [0.25, 0.3) is 0 Å². The molecule has 274 valence electrons. The number of carbonyl (C=O) groups is 2. The summed E-state index contributed by atoms with van der Waals surface area (Å²) in [4.78, 5) is 32.5. The van der Waals surface area contributed by atoms with Crippen LogP contribution in [0.5, 0.6) is 5.75 Å². The van der Waals surface area contributed by atoms with Crippen LogP contribution in [0.3, 0.4) is 0 Å². The molecule has 0 bridgehead atoms. The lowest BCUT2D eigenvalue weighted by atomic mass is 10.1. The van der Waals surface area contributed by atoms with Crippen LogP contribution in [-0.4, -0.2) is 84.4 Å². The van der Waals surface area contributed by atoms with E-state index in [1.165, 1.54) is 0 Å². The first-order valence-electron chi connectivity index (χ1n) is 17.3. The van der Waals surface area contributed by atoms with Crippen LogP contribution in [0.2, 0.25) is 0 Å². The molecule has 5 aromatic rings. The predicted octanol–water partition coefficient (Wildman–Crippen LogP) is 7.38. The topological polar surface area (TPSA) is 132 Å². The number of aryl methyl sites for hydroxylation is 1. The van der Waals surface area contributed by atoms with E-state index >= 15 is 0 Å². The van der Waals surface area contributed by atoms with E-state index < -0.39 is 0 Å². The number of rotatable bonds is 19. The van der Waals surface area contributed by atoms with E-state index in [4.69, 9.17) is 19.3 Å². The molecule has 0 saturated heterocycles. The zero-order valence-electron chi connectivity index (χ0n) is 30.2. The molecule has 0 aliphatic heterocycles. The van der Waals surface area contributed by atoms with Gasteiger partial charge in [-0.2, -0.15) is 5.10 Å². The van der Waals surface area contributed by atoms with Gasteiger partial charge in [0, 0.05) is 50.3 Å². The number of fused-ring (bicyclic) bond motifs is 1. The predicted molar refractivity (Wildman–Crippen MR) is 208 cm³/mol. The number of thioether (sulfide) groups is 1. The van der Waals surface area contributed by atoms with Crippen LogP contribution in [0, 0.1) is 6.92 Å². The monoisotopic (exact) mass is 725 g/mol. The van der Waals surface area contributed by atoms with Crippen molar-refractivity contribution < 1.29 is 23.8 Å². The van der Waals surface area contributed by atoms with Crippen LogP contribution >= 0.6 is 11.8 Å². The highest BCUT2D eigenvalue weighted by atomic mass is 32.2. The van der Waals surface area contributed by atoms with Crippen LogP contribution in [-0.2, 0) is 20.9 Å². The van der Waals surface area contributed by atoms with Gasteiger partial charge in [-0.15, -0.1) is 11.8 Å². The highest BCUT2D eigenvalue weighted by molar-refractivity contribution is 7.99. The van der Waals surface area contributed by atoms with E-state index in [-0.39, 0.29) is 25.1 Å². The highest BCUT2D eigenvalue weighted by Crippen LogP contribution is 2.33. The summed E-state index contributed by atoms with van der Waals surface area (Å²) < 4.78 is 18.4. The minimum Gasteiger partial charge on any atom is -0.488 e. The molecule has 13 heteroatoms. The number of pyridine rings is 1. The molecule has 3 aromatic carbocycles. The Kier molecular flexibility index (Phi) is 14.4. The Bertz CT molecular complexity index is 1910. The van der Waals surface area contributed by atoms with Crippen molar-refractivity contribution in [3.63, 3.8) is 0 Å². The Morgan fingerprint density at radius 1 is 0.885 bits per heavy atom. The highest BCUT2D eigenvalue weighted by Gasteiger charge is 2.16. The second-order valence-corrected chi connectivity index (χ2v) is 13.3. The van der Waals surface area contributed by atoms with Gasteiger partial charge < -0.3 is 24.8 Å². The van der Waals surface area contributed by atoms with Gasteiger partial charge >= 0.3 is 6.03 Å². The molecule has 0 radical (unpaired) electrons. The molecule has 0 fully saturated rings. The third-order valence-corrected chi connectivity index (χ3v) is 9.15. The lowest BCUT2D eigenvalue weighted by molar-refractivity contribution is -0.117. The number of benzene rings is 3. The first-order chi connectivity index (χ1) is 25.4. The molecule has 2 heterocycles. The number of aromatic nitrogens is 3. The van der Waals surface area contributed by atoms with Crippen LogP contribution in [0.1, 0.15) is 30.9 Å². The van der Waals surface area contributed by atoms with E-state index in [2.05, 4.69) is 27.9 Å². The summed E-state index contributed by atoms with van der Waals surface area (Å²) in [6.45, 7) is 6.89. The van der Waals surface area contributed by atoms with E-state index in [1.807, 2.05) is 84.6 Å². The van der Waals surface area contributed by atoms with Crippen LogP contribution < -0.4 is 20.7 Å². The molecule has 2 aromatic heterocycles. The Balaban J connectivity index is 1.25. The fourth-order valence-electron chi connectivity index (χ4n) is 5.39. The molecule has 0 spiro atoms. The number of ether oxygens (including phenoxy) is 3. The standard InChI is InChI=1S/C39H47N7O5S/c1-5-6-23-52-38-25-36(46(44-38)30-13-11-28(2)12-14-30)43-39(48)41-33-15-16-34(32-10-8-7-9-31(32)33)51-27-29-17-18-40-35(24-29)42-37(47)26-45(19-21-49-3)20-22-50-4/h7-18,24-25H,5-6,19-23,26-27H2,1-4H3,(H,40,42,47)(H2,41,43,48). The Hall–Kier alpha value is -4.95. The van der Waals surface area contributed by atoms with Crippen LogP contribution in [0.25, 0.3) is 16.5 Å². The second-order valence-electron chi connectivity index (χ2n) is 12.2. The molecular formula is C39H47N7O5S. The van der Waals surface area contributed by atoms with Gasteiger partial charge in [-0.05, 0) is 61.1 Å². The Labute approximate surface area is 309 Å². The third-order valence-electron chi connectivity index (χ3n) is 8.16. The van der Waals surface area contributed by atoms with Gasteiger partial charge in [-0.1, -0.05) is 55.3 Å². The smallest absolute Gasteiger partial charge is 0.324 e. The molecular weight excluding hydrogens is 679 g/mol. The van der Waals surface area contributed by atoms with Gasteiger partial charge in [-0.3, -0.25) is 15.0 Å². The van der Waals surface area contributed by atoms with E-state index in [0.717, 1.165) is 51.2 Å². The maximum Gasteiger partial charge on any atom is 0.324 e. The molecule has 52 heavy (non-hydrogen) atoms. The number of carbonyl (C=O) groups excluding carboxylic acids is 2. The molecule has 5 rings (SSSR count). The summed E-state index contributed by atoms with van der Waals surface area (Å²) in [6.07, 6.45) is 3.83. The zero-order chi connectivity index (χ0) is 36.7. The number of amides is 3. The van der Waals surface area contributed by atoms with E-state index in [1.54, 1.807) is 42.9 Å². The fraction of sp³-hybridized carbons (Fsp3) is 0.333. The molecule has 3 N–H and O–H groups in total. The third kappa shape index (κ3) is 11.0. The van der Waals surface area contributed by atoms with E-state index in [9.17, 15) is 9.59 Å². The lowest BCUT2D eigenvalue weighted by Gasteiger charge is -2.20. The van der Waals surface area contributed by atoms with Crippen molar-refractivity contribution in [3.05, 3.63) is 96.2 Å². The lowest BCUT2D eigenvalue weighted by Crippen LogP contribution is -2.37. The van der Waals surface area contributed by atoms with Crippen molar-refractivity contribution in [2.45, 2.75) is 38.3 Å². The maximum absolute atomic E-state index is 13.4. The van der Waals surface area contributed by atoms with Gasteiger partial charge in [-0.25, -0.2) is 14.5 Å². The number of nitrogens with zero attached hydrogens (tertiary/aromatic N) is 4. The van der Waals surface area contributed by atoms with Crippen molar-refractivity contribution in [2.75, 3.05) is 68.8 Å². The summed E-state index contributed by atoms with van der Waals surface area (Å²) in [7, 11) is 3.27. The van der Waals surface area contributed by atoms with Crippen molar-refractivity contribution in [1.29, 1.82) is 0 Å². The molecule has 0 aliphatic carbocycles. The maximum atomic E-state index is 13.4. The number of hydrogen-bond acceptors (Lipinski definition) is 9. The molecule has 3 amide bonds. The number of urea groups is 1. The van der Waals surface area contributed by atoms with Gasteiger partial charge in [0.05, 0.1) is 31.1 Å². The molecule has 0 saturated carbocycles. The Morgan fingerprint density at radius 2 is 1.63 bits per heavy atom. The Morgan fingerprint density at radius 3 is 2.37 bits per heavy atom. The summed E-state index contributed by atoms with van der Waals surface area (Å²) in [5.41, 5.74) is 3.48. The number of anilines is 3. The van der Waals surface area contributed by atoms with Crippen molar-refractivity contribution in [2.24, 2.45) is 0 Å².